The Morgan fingerprint density at radius 3 is 2.29 bits per heavy atom. The lowest BCUT2D eigenvalue weighted by Gasteiger charge is -2.18. The number of hydrogen-bond acceptors (Lipinski definition) is 2. The number of hydrogen-bond donors (Lipinski definition) is 1. The van der Waals surface area contributed by atoms with E-state index in [2.05, 4.69) is 68.6 Å². The molecular formula is C19H25NS. The van der Waals surface area contributed by atoms with E-state index in [1.54, 1.807) is 0 Å². The number of likely N-dealkylation sites (N-methyl/N-ethyl adjacent to an activating group) is 1. The molecule has 0 aromatic heterocycles. The predicted molar refractivity (Wildman–Crippen MR) is 94.3 cm³/mol. The van der Waals surface area contributed by atoms with Crippen LogP contribution in [-0.4, -0.2) is 12.8 Å². The van der Waals surface area contributed by atoms with E-state index in [1.165, 1.54) is 27.1 Å². The molecule has 0 aliphatic heterocycles. The number of aryl methyl sites for hydroxylation is 2. The van der Waals surface area contributed by atoms with Crippen molar-refractivity contribution in [1.29, 1.82) is 0 Å². The molecule has 2 heteroatoms. The highest BCUT2D eigenvalue weighted by molar-refractivity contribution is 7.99. The Bertz CT molecular complexity index is 575. The summed E-state index contributed by atoms with van der Waals surface area (Å²) >= 11 is 1.89. The van der Waals surface area contributed by atoms with Crippen molar-refractivity contribution in [2.24, 2.45) is 0 Å². The van der Waals surface area contributed by atoms with Crippen LogP contribution in [0.3, 0.4) is 0 Å². The van der Waals surface area contributed by atoms with Crippen molar-refractivity contribution in [1.82, 2.24) is 5.32 Å². The van der Waals surface area contributed by atoms with Crippen LogP contribution in [0.15, 0.2) is 47.4 Å². The first-order chi connectivity index (χ1) is 10.1. The number of nitrogens with one attached hydrogen (secondary N) is 1. The number of rotatable bonds is 6. The lowest BCUT2D eigenvalue weighted by atomic mass is 9.97. The van der Waals surface area contributed by atoms with Crippen LogP contribution >= 0.6 is 11.8 Å². The summed E-state index contributed by atoms with van der Waals surface area (Å²) in [5.74, 6) is 1.12. The van der Waals surface area contributed by atoms with E-state index in [-0.39, 0.29) is 0 Å². The average molecular weight is 299 g/mol. The average Bonchev–Trinajstić information content (AvgIpc) is 2.50. The van der Waals surface area contributed by atoms with Crippen LogP contribution < -0.4 is 5.32 Å². The van der Waals surface area contributed by atoms with Crippen LogP contribution in [0.5, 0.6) is 0 Å². The van der Waals surface area contributed by atoms with Gasteiger partial charge in [-0.05, 0) is 67.5 Å². The summed E-state index contributed by atoms with van der Waals surface area (Å²) in [6, 6.07) is 16.1. The van der Waals surface area contributed by atoms with Gasteiger partial charge in [0.05, 0.1) is 0 Å². The third-order valence-corrected chi connectivity index (χ3v) is 4.85. The third kappa shape index (κ3) is 4.36. The minimum atomic E-state index is 0.368. The van der Waals surface area contributed by atoms with E-state index in [9.17, 15) is 0 Å². The van der Waals surface area contributed by atoms with Crippen molar-refractivity contribution in [2.75, 3.05) is 12.8 Å². The predicted octanol–water partition coefficient (Wildman–Crippen LogP) is 4.92. The molecule has 1 unspecified atom stereocenters. The Morgan fingerprint density at radius 2 is 1.71 bits per heavy atom. The van der Waals surface area contributed by atoms with E-state index in [4.69, 9.17) is 0 Å². The summed E-state index contributed by atoms with van der Waals surface area (Å²) in [4.78, 5) is 1.35. The second kappa shape index (κ2) is 7.67. The van der Waals surface area contributed by atoms with E-state index in [1.807, 2.05) is 18.8 Å². The fourth-order valence-electron chi connectivity index (χ4n) is 2.52. The molecule has 1 nitrogen and oxygen atoms in total. The summed E-state index contributed by atoms with van der Waals surface area (Å²) in [5.41, 5.74) is 5.48. The molecule has 2 aromatic rings. The Morgan fingerprint density at radius 1 is 1.00 bits per heavy atom. The quantitative estimate of drug-likeness (QED) is 0.760. The zero-order valence-electron chi connectivity index (χ0n) is 13.4. The maximum absolute atomic E-state index is 3.45. The molecule has 0 aliphatic rings. The Hall–Kier alpha value is -1.25. The first-order valence-corrected chi connectivity index (χ1v) is 8.58. The first-order valence-electron chi connectivity index (χ1n) is 7.60. The Balaban J connectivity index is 2.13. The first kappa shape index (κ1) is 16.1. The van der Waals surface area contributed by atoms with Gasteiger partial charge in [0.15, 0.2) is 0 Å². The van der Waals surface area contributed by atoms with E-state index in [0.29, 0.717) is 6.04 Å². The highest BCUT2D eigenvalue weighted by Gasteiger charge is 2.10. The lowest BCUT2D eigenvalue weighted by Crippen LogP contribution is -2.18. The van der Waals surface area contributed by atoms with Crippen molar-refractivity contribution in [3.8, 4) is 0 Å². The van der Waals surface area contributed by atoms with E-state index in [0.717, 1.165) is 12.2 Å². The third-order valence-electron chi connectivity index (χ3n) is 3.95. The number of thioether (sulfide) groups is 1. The van der Waals surface area contributed by atoms with Gasteiger partial charge in [-0.3, -0.25) is 0 Å². The summed E-state index contributed by atoms with van der Waals surface area (Å²) in [6.45, 7) is 6.54. The van der Waals surface area contributed by atoms with Gasteiger partial charge in [0, 0.05) is 10.9 Å². The summed E-state index contributed by atoms with van der Waals surface area (Å²) < 4.78 is 0. The minimum absolute atomic E-state index is 0.368. The van der Waals surface area contributed by atoms with Crippen LogP contribution in [0.1, 0.15) is 35.2 Å². The molecule has 1 atom stereocenters. The highest BCUT2D eigenvalue weighted by Crippen LogP contribution is 2.23. The summed E-state index contributed by atoms with van der Waals surface area (Å²) in [7, 11) is 2.04. The Kier molecular flexibility index (Phi) is 5.89. The van der Waals surface area contributed by atoms with Crippen LogP contribution in [0.2, 0.25) is 0 Å². The molecular weight excluding hydrogens is 274 g/mol. The van der Waals surface area contributed by atoms with Gasteiger partial charge in [0.25, 0.3) is 0 Å². The highest BCUT2D eigenvalue weighted by atomic mass is 32.2. The van der Waals surface area contributed by atoms with Crippen molar-refractivity contribution in [3.05, 3.63) is 64.7 Å². The molecule has 0 heterocycles. The molecule has 2 aromatic carbocycles. The van der Waals surface area contributed by atoms with Crippen molar-refractivity contribution in [2.45, 2.75) is 38.1 Å². The standard InChI is InChI=1S/C19H25NS/c1-5-21-18-10-8-17(9-11-18)19(20-4)13-16-7-6-14(2)15(3)12-16/h6-12,19-20H,5,13H2,1-4H3. The molecule has 21 heavy (non-hydrogen) atoms. The fourth-order valence-corrected chi connectivity index (χ4v) is 3.18. The van der Waals surface area contributed by atoms with Crippen LogP contribution in [0, 0.1) is 13.8 Å². The molecule has 0 amide bonds. The maximum atomic E-state index is 3.45. The molecule has 0 fully saturated rings. The fraction of sp³-hybridized carbons (Fsp3) is 0.368. The van der Waals surface area contributed by atoms with Crippen LogP contribution in [-0.2, 0) is 6.42 Å². The smallest absolute Gasteiger partial charge is 0.0358 e. The van der Waals surface area contributed by atoms with Crippen LogP contribution in [0.25, 0.3) is 0 Å². The maximum Gasteiger partial charge on any atom is 0.0358 e. The molecule has 1 N–H and O–H groups in total. The van der Waals surface area contributed by atoms with Gasteiger partial charge in [-0.25, -0.2) is 0 Å². The van der Waals surface area contributed by atoms with Gasteiger partial charge in [-0.1, -0.05) is 37.3 Å². The second-order valence-electron chi connectivity index (χ2n) is 5.47. The molecule has 0 aliphatic carbocycles. The van der Waals surface area contributed by atoms with Gasteiger partial charge in [-0.2, -0.15) is 0 Å². The molecule has 0 bridgehead atoms. The SMILES string of the molecule is CCSc1ccc(C(Cc2ccc(C)c(C)c2)NC)cc1. The zero-order chi connectivity index (χ0) is 15.2. The molecule has 0 spiro atoms. The molecule has 112 valence electrons. The number of benzene rings is 2. The molecule has 0 saturated carbocycles. The molecule has 0 saturated heterocycles. The molecule has 0 radical (unpaired) electrons. The van der Waals surface area contributed by atoms with Crippen LogP contribution in [0.4, 0.5) is 0 Å². The zero-order valence-corrected chi connectivity index (χ0v) is 14.3. The topological polar surface area (TPSA) is 12.0 Å². The van der Waals surface area contributed by atoms with Crippen molar-refractivity contribution >= 4 is 11.8 Å². The monoisotopic (exact) mass is 299 g/mol. The van der Waals surface area contributed by atoms with Gasteiger partial charge >= 0.3 is 0 Å². The van der Waals surface area contributed by atoms with Gasteiger partial charge in [-0.15, -0.1) is 11.8 Å². The normalized spacial score (nSPS) is 12.4. The van der Waals surface area contributed by atoms with Crippen molar-refractivity contribution < 1.29 is 0 Å². The van der Waals surface area contributed by atoms with E-state index >= 15 is 0 Å². The Labute approximate surface area is 133 Å². The second-order valence-corrected chi connectivity index (χ2v) is 6.80. The minimum Gasteiger partial charge on any atom is -0.313 e. The van der Waals surface area contributed by atoms with Gasteiger partial charge in [0.2, 0.25) is 0 Å². The summed E-state index contributed by atoms with van der Waals surface area (Å²) in [6.07, 6.45) is 1.03. The van der Waals surface area contributed by atoms with E-state index < -0.39 is 0 Å². The largest absolute Gasteiger partial charge is 0.313 e. The molecule has 2 rings (SSSR count). The summed E-state index contributed by atoms with van der Waals surface area (Å²) in [5, 5.41) is 3.45. The lowest BCUT2D eigenvalue weighted by molar-refractivity contribution is 0.591. The van der Waals surface area contributed by atoms with Crippen molar-refractivity contribution in [3.63, 3.8) is 0 Å². The van der Waals surface area contributed by atoms with Gasteiger partial charge in [0.1, 0.15) is 0 Å². The van der Waals surface area contributed by atoms with Gasteiger partial charge < -0.3 is 5.32 Å².